The Kier molecular flexibility index (Phi) is 3.65. The number of aromatic nitrogens is 1. The molecule has 0 fully saturated rings. The highest BCUT2D eigenvalue weighted by atomic mass is 16.5. The maximum atomic E-state index is 12.2. The monoisotopic (exact) mass is 276 g/mol. The Morgan fingerprint density at radius 3 is 2.65 bits per heavy atom. The van der Waals surface area contributed by atoms with E-state index in [4.69, 9.17) is 9.84 Å². The third-order valence-electron chi connectivity index (χ3n) is 3.32. The second-order valence-corrected chi connectivity index (χ2v) is 4.57. The number of fused-ring (bicyclic) bond motifs is 1. The van der Waals surface area contributed by atoms with Gasteiger partial charge in [0.05, 0.1) is 7.11 Å². The molecule has 0 aliphatic rings. The Balaban J connectivity index is 2.33. The van der Waals surface area contributed by atoms with Crippen LogP contribution in [0.25, 0.3) is 10.9 Å². The SMILES string of the molecule is COc1ccc2[nH]c(C(=O)N(C)C(C)C(=O)O)cc2c1. The number of rotatable bonds is 4. The van der Waals surface area contributed by atoms with E-state index < -0.39 is 12.0 Å². The summed E-state index contributed by atoms with van der Waals surface area (Å²) in [5.41, 5.74) is 1.15. The van der Waals surface area contributed by atoms with E-state index in [-0.39, 0.29) is 5.91 Å². The number of carbonyl (C=O) groups is 2. The van der Waals surface area contributed by atoms with Crippen LogP contribution in [0.3, 0.4) is 0 Å². The molecule has 1 unspecified atom stereocenters. The number of carboxylic acids is 1. The van der Waals surface area contributed by atoms with Crippen LogP contribution in [-0.2, 0) is 4.79 Å². The van der Waals surface area contributed by atoms with Crippen LogP contribution in [0.4, 0.5) is 0 Å². The van der Waals surface area contributed by atoms with Crippen LogP contribution >= 0.6 is 0 Å². The molecule has 6 heteroatoms. The number of likely N-dealkylation sites (N-methyl/N-ethyl adjacent to an activating group) is 1. The number of amides is 1. The van der Waals surface area contributed by atoms with Crippen LogP contribution in [0.5, 0.6) is 5.75 Å². The predicted molar refractivity (Wildman–Crippen MR) is 74.0 cm³/mol. The summed E-state index contributed by atoms with van der Waals surface area (Å²) < 4.78 is 5.12. The average molecular weight is 276 g/mol. The first-order valence-electron chi connectivity index (χ1n) is 6.10. The van der Waals surface area contributed by atoms with E-state index in [1.807, 2.05) is 12.1 Å². The number of methoxy groups -OCH3 is 1. The molecule has 2 aromatic rings. The van der Waals surface area contributed by atoms with Crippen molar-refractivity contribution in [3.63, 3.8) is 0 Å². The van der Waals surface area contributed by atoms with Crippen LogP contribution < -0.4 is 4.74 Å². The standard InChI is InChI=1S/C14H16N2O4/c1-8(14(18)19)16(2)13(17)12-7-9-6-10(20-3)4-5-11(9)15-12/h4-8,15H,1-3H3,(H,18,19). The molecule has 0 bridgehead atoms. The first-order chi connectivity index (χ1) is 9.43. The van der Waals surface area contributed by atoms with Gasteiger partial charge in [-0.2, -0.15) is 0 Å². The molecule has 0 saturated heterocycles. The number of H-pyrrole nitrogens is 1. The zero-order valence-corrected chi connectivity index (χ0v) is 11.5. The van der Waals surface area contributed by atoms with Gasteiger partial charge >= 0.3 is 5.97 Å². The van der Waals surface area contributed by atoms with Crippen molar-refractivity contribution in [2.24, 2.45) is 0 Å². The summed E-state index contributed by atoms with van der Waals surface area (Å²) in [6.45, 7) is 1.46. The fourth-order valence-corrected chi connectivity index (χ4v) is 1.88. The highest BCUT2D eigenvalue weighted by Crippen LogP contribution is 2.22. The van der Waals surface area contributed by atoms with Gasteiger partial charge in [0.25, 0.3) is 5.91 Å². The molecule has 20 heavy (non-hydrogen) atoms. The molecule has 1 aromatic carbocycles. The molecule has 1 atom stereocenters. The van der Waals surface area contributed by atoms with E-state index in [1.54, 1.807) is 19.2 Å². The quantitative estimate of drug-likeness (QED) is 0.890. The van der Waals surface area contributed by atoms with Crippen LogP contribution in [-0.4, -0.2) is 47.1 Å². The minimum Gasteiger partial charge on any atom is -0.497 e. The molecule has 0 radical (unpaired) electrons. The average Bonchev–Trinajstić information content (AvgIpc) is 2.87. The van der Waals surface area contributed by atoms with Crippen molar-refractivity contribution in [1.82, 2.24) is 9.88 Å². The van der Waals surface area contributed by atoms with Crippen LogP contribution in [0.15, 0.2) is 24.3 Å². The Bertz CT molecular complexity index is 662. The molecule has 2 rings (SSSR count). The van der Waals surface area contributed by atoms with E-state index in [0.717, 1.165) is 10.9 Å². The highest BCUT2D eigenvalue weighted by molar-refractivity contribution is 5.99. The summed E-state index contributed by atoms with van der Waals surface area (Å²) in [5.74, 6) is -0.712. The van der Waals surface area contributed by atoms with Crippen molar-refractivity contribution in [3.8, 4) is 5.75 Å². The lowest BCUT2D eigenvalue weighted by Gasteiger charge is -2.20. The molecule has 1 heterocycles. The van der Waals surface area contributed by atoms with Crippen molar-refractivity contribution in [1.29, 1.82) is 0 Å². The van der Waals surface area contributed by atoms with E-state index in [2.05, 4.69) is 4.98 Å². The third kappa shape index (κ3) is 2.45. The highest BCUT2D eigenvalue weighted by Gasteiger charge is 2.23. The van der Waals surface area contributed by atoms with Gasteiger partial charge in [-0.1, -0.05) is 0 Å². The number of ether oxygens (including phenoxy) is 1. The summed E-state index contributed by atoms with van der Waals surface area (Å²) >= 11 is 0. The van der Waals surface area contributed by atoms with Crippen molar-refractivity contribution >= 4 is 22.8 Å². The molecule has 1 amide bonds. The minimum atomic E-state index is -1.04. The second kappa shape index (κ2) is 5.24. The summed E-state index contributed by atoms with van der Waals surface area (Å²) in [6.07, 6.45) is 0. The van der Waals surface area contributed by atoms with Gasteiger partial charge in [-0.25, -0.2) is 4.79 Å². The first kappa shape index (κ1) is 13.9. The van der Waals surface area contributed by atoms with Crippen LogP contribution in [0.2, 0.25) is 0 Å². The molecule has 1 aromatic heterocycles. The number of hydrogen-bond donors (Lipinski definition) is 2. The van der Waals surface area contributed by atoms with E-state index in [9.17, 15) is 9.59 Å². The third-order valence-corrected chi connectivity index (χ3v) is 3.32. The lowest BCUT2D eigenvalue weighted by atomic mass is 10.2. The van der Waals surface area contributed by atoms with Gasteiger partial charge in [0, 0.05) is 18.0 Å². The van der Waals surface area contributed by atoms with Crippen molar-refractivity contribution in [2.45, 2.75) is 13.0 Å². The Morgan fingerprint density at radius 2 is 2.05 bits per heavy atom. The maximum absolute atomic E-state index is 12.2. The Labute approximate surface area is 116 Å². The molecule has 6 nitrogen and oxygen atoms in total. The van der Waals surface area contributed by atoms with Gasteiger partial charge in [0.15, 0.2) is 0 Å². The molecule has 0 aliphatic heterocycles. The number of carboxylic acid groups (broad SMARTS) is 1. The number of benzene rings is 1. The zero-order valence-electron chi connectivity index (χ0n) is 11.5. The lowest BCUT2D eigenvalue weighted by molar-refractivity contribution is -0.141. The van der Waals surface area contributed by atoms with Gasteiger partial charge < -0.3 is 19.7 Å². The summed E-state index contributed by atoms with van der Waals surface area (Å²) in [4.78, 5) is 27.3. The lowest BCUT2D eigenvalue weighted by Crippen LogP contribution is -2.40. The summed E-state index contributed by atoms with van der Waals surface area (Å²) in [6, 6.07) is 6.21. The molecule has 0 spiro atoms. The Hall–Kier alpha value is -2.50. The largest absolute Gasteiger partial charge is 0.497 e. The van der Waals surface area contributed by atoms with Gasteiger partial charge in [0.2, 0.25) is 0 Å². The van der Waals surface area contributed by atoms with Gasteiger partial charge in [-0.15, -0.1) is 0 Å². The fraction of sp³-hybridized carbons (Fsp3) is 0.286. The van der Waals surface area contributed by atoms with E-state index in [1.165, 1.54) is 18.9 Å². The number of aliphatic carboxylic acids is 1. The van der Waals surface area contributed by atoms with E-state index in [0.29, 0.717) is 11.4 Å². The number of aromatic amines is 1. The smallest absolute Gasteiger partial charge is 0.326 e. The molecule has 0 saturated carbocycles. The van der Waals surface area contributed by atoms with Gasteiger partial charge in [-0.05, 0) is 31.2 Å². The summed E-state index contributed by atoms with van der Waals surface area (Å²) in [5, 5.41) is 9.77. The minimum absolute atomic E-state index is 0.351. The van der Waals surface area contributed by atoms with E-state index >= 15 is 0 Å². The Morgan fingerprint density at radius 1 is 1.35 bits per heavy atom. The van der Waals surface area contributed by atoms with Crippen molar-refractivity contribution in [2.75, 3.05) is 14.2 Å². The first-order valence-corrected chi connectivity index (χ1v) is 6.10. The second-order valence-electron chi connectivity index (χ2n) is 4.57. The topological polar surface area (TPSA) is 82.6 Å². The fourth-order valence-electron chi connectivity index (χ4n) is 1.88. The van der Waals surface area contributed by atoms with Gasteiger partial charge in [0.1, 0.15) is 17.5 Å². The van der Waals surface area contributed by atoms with Gasteiger partial charge in [-0.3, -0.25) is 4.79 Å². The molecular weight excluding hydrogens is 260 g/mol. The van der Waals surface area contributed by atoms with Crippen LogP contribution in [0, 0.1) is 0 Å². The molecule has 0 aliphatic carbocycles. The summed E-state index contributed by atoms with van der Waals surface area (Å²) in [7, 11) is 3.04. The van der Waals surface area contributed by atoms with Crippen molar-refractivity contribution in [3.05, 3.63) is 30.0 Å². The van der Waals surface area contributed by atoms with Crippen LogP contribution in [0.1, 0.15) is 17.4 Å². The molecule has 106 valence electrons. The predicted octanol–water partition coefficient (Wildman–Crippen LogP) is 1.72. The van der Waals surface area contributed by atoms with Crippen molar-refractivity contribution < 1.29 is 19.4 Å². The number of carbonyl (C=O) groups excluding carboxylic acids is 1. The number of nitrogens with one attached hydrogen (secondary N) is 1. The molecule has 2 N–H and O–H groups in total. The molecular formula is C14H16N2O4. The maximum Gasteiger partial charge on any atom is 0.326 e. The number of nitrogens with zero attached hydrogens (tertiary/aromatic N) is 1. The number of hydrogen-bond acceptors (Lipinski definition) is 3. The zero-order chi connectivity index (χ0) is 14.9. The normalized spacial score (nSPS) is 12.2.